The second-order valence-electron chi connectivity index (χ2n) is 15.2. The molecular weight excluding hydrogens is 721 g/mol. The molecule has 0 fully saturated rings. The van der Waals surface area contributed by atoms with Gasteiger partial charge in [0.25, 0.3) is 0 Å². The van der Waals surface area contributed by atoms with Gasteiger partial charge in [0, 0.05) is 19.3 Å². The van der Waals surface area contributed by atoms with Crippen LogP contribution in [-0.4, -0.2) is 37.2 Å². The second kappa shape index (κ2) is 46.3. The summed E-state index contributed by atoms with van der Waals surface area (Å²) in [4.78, 5) is 37.7. The topological polar surface area (TPSA) is 78.9 Å². The van der Waals surface area contributed by atoms with Crippen LogP contribution in [0.5, 0.6) is 0 Å². The van der Waals surface area contributed by atoms with Crippen molar-refractivity contribution in [3.63, 3.8) is 0 Å². The molecule has 0 bridgehead atoms. The predicted octanol–water partition coefficient (Wildman–Crippen LogP) is 15.3. The van der Waals surface area contributed by atoms with Crippen molar-refractivity contribution in [3.8, 4) is 0 Å². The molecular formula is C52H86O6. The Morgan fingerprint density at radius 1 is 0.362 bits per heavy atom. The average Bonchev–Trinajstić information content (AvgIpc) is 3.22. The molecule has 330 valence electrons. The van der Waals surface area contributed by atoms with E-state index in [1.54, 1.807) is 0 Å². The van der Waals surface area contributed by atoms with E-state index >= 15 is 0 Å². The summed E-state index contributed by atoms with van der Waals surface area (Å²) >= 11 is 0. The number of rotatable bonds is 41. The van der Waals surface area contributed by atoms with Crippen LogP contribution in [0.15, 0.2) is 85.1 Å². The third-order valence-corrected chi connectivity index (χ3v) is 9.61. The highest BCUT2D eigenvalue weighted by atomic mass is 16.6. The summed E-state index contributed by atoms with van der Waals surface area (Å²) in [7, 11) is 0. The molecule has 6 nitrogen and oxygen atoms in total. The first kappa shape index (κ1) is 54.6. The second-order valence-corrected chi connectivity index (χ2v) is 15.2. The molecule has 0 aromatic heterocycles. The fraction of sp³-hybridized carbons (Fsp3) is 0.673. The summed E-state index contributed by atoms with van der Waals surface area (Å²) in [6, 6.07) is 0. The van der Waals surface area contributed by atoms with Crippen molar-refractivity contribution in [1.29, 1.82) is 0 Å². The van der Waals surface area contributed by atoms with E-state index in [4.69, 9.17) is 14.2 Å². The van der Waals surface area contributed by atoms with Gasteiger partial charge in [0.15, 0.2) is 6.10 Å². The maximum atomic E-state index is 12.7. The molecule has 0 saturated carbocycles. The standard InChI is InChI=1S/C52H86O6/c1-4-7-10-13-16-19-21-23-25-27-28-30-33-36-39-42-45-51(54)57-48-49(47-56-50(53)44-41-38-35-32-18-15-12-9-6-3)58-52(55)46-43-40-37-34-31-29-26-24-22-20-17-14-11-8-5-2/h7,9-10,12,16,18-20,22-23,25,28,30,32,49H,4-6,8,11,13-15,17,21,24,26-27,29,31,33-48H2,1-3H3/b10-7-,12-9-,19-16-,22-20-,25-23-,30-28-,32-18-. The summed E-state index contributed by atoms with van der Waals surface area (Å²) < 4.78 is 16.7. The van der Waals surface area contributed by atoms with Crippen molar-refractivity contribution in [3.05, 3.63) is 85.1 Å². The number of hydrogen-bond donors (Lipinski definition) is 0. The van der Waals surface area contributed by atoms with E-state index < -0.39 is 6.10 Å². The maximum absolute atomic E-state index is 12.7. The predicted molar refractivity (Wildman–Crippen MR) is 247 cm³/mol. The Balaban J connectivity index is 4.44. The summed E-state index contributed by atoms with van der Waals surface area (Å²) in [6.45, 7) is 6.30. The van der Waals surface area contributed by atoms with E-state index in [0.29, 0.717) is 19.3 Å². The first-order valence-electron chi connectivity index (χ1n) is 23.6. The molecule has 0 aromatic carbocycles. The first-order chi connectivity index (χ1) is 28.5. The monoisotopic (exact) mass is 807 g/mol. The summed E-state index contributed by atoms with van der Waals surface area (Å²) in [6.07, 6.45) is 58.6. The smallest absolute Gasteiger partial charge is 0.306 e. The molecule has 0 N–H and O–H groups in total. The number of allylic oxidation sites excluding steroid dienone is 14. The average molecular weight is 807 g/mol. The van der Waals surface area contributed by atoms with Gasteiger partial charge in [-0.1, -0.05) is 164 Å². The van der Waals surface area contributed by atoms with Crippen molar-refractivity contribution in [2.45, 2.75) is 213 Å². The van der Waals surface area contributed by atoms with Crippen LogP contribution in [0, 0.1) is 0 Å². The van der Waals surface area contributed by atoms with Gasteiger partial charge in [0.1, 0.15) is 13.2 Å². The third kappa shape index (κ3) is 43.7. The van der Waals surface area contributed by atoms with Crippen LogP contribution in [0.25, 0.3) is 0 Å². The minimum Gasteiger partial charge on any atom is -0.462 e. The van der Waals surface area contributed by atoms with Crippen molar-refractivity contribution < 1.29 is 28.6 Å². The van der Waals surface area contributed by atoms with Crippen molar-refractivity contribution in [2.75, 3.05) is 13.2 Å². The SMILES string of the molecule is CC/C=C\C/C=C\C/C=C\C/C=C\CCCCCC(=O)OCC(COC(=O)CCCC/C=C\C/C=C\CC)OC(=O)CCCCCCCCC/C=C\CCCCCC. The lowest BCUT2D eigenvalue weighted by Crippen LogP contribution is -2.30. The van der Waals surface area contributed by atoms with Gasteiger partial charge in [-0.25, -0.2) is 0 Å². The lowest BCUT2D eigenvalue weighted by molar-refractivity contribution is -0.167. The number of carbonyl (C=O) groups is 3. The van der Waals surface area contributed by atoms with E-state index in [1.807, 2.05) is 0 Å². The quantitative estimate of drug-likeness (QED) is 0.0265. The highest BCUT2D eigenvalue weighted by molar-refractivity contribution is 5.71. The number of carbonyl (C=O) groups excluding carboxylic acids is 3. The molecule has 0 aromatic rings. The summed E-state index contributed by atoms with van der Waals surface area (Å²) in [5.41, 5.74) is 0. The number of unbranched alkanes of at least 4 members (excludes halogenated alkanes) is 16. The van der Waals surface area contributed by atoms with E-state index in [9.17, 15) is 14.4 Å². The molecule has 6 heteroatoms. The van der Waals surface area contributed by atoms with Crippen LogP contribution in [0.4, 0.5) is 0 Å². The van der Waals surface area contributed by atoms with Crippen molar-refractivity contribution in [1.82, 2.24) is 0 Å². The summed E-state index contributed by atoms with van der Waals surface area (Å²) in [5.74, 6) is -0.982. The van der Waals surface area contributed by atoms with Gasteiger partial charge in [0.2, 0.25) is 0 Å². The zero-order valence-corrected chi connectivity index (χ0v) is 37.5. The number of ether oxygens (including phenoxy) is 3. The normalized spacial score (nSPS) is 12.8. The molecule has 0 aliphatic rings. The zero-order valence-electron chi connectivity index (χ0n) is 37.5. The number of esters is 3. The molecule has 1 unspecified atom stereocenters. The Morgan fingerprint density at radius 3 is 1.12 bits per heavy atom. The van der Waals surface area contributed by atoms with Gasteiger partial charge in [-0.2, -0.15) is 0 Å². The van der Waals surface area contributed by atoms with Crippen LogP contribution in [0.2, 0.25) is 0 Å². The van der Waals surface area contributed by atoms with Gasteiger partial charge in [-0.3, -0.25) is 14.4 Å². The molecule has 0 rings (SSSR count). The number of hydrogen-bond acceptors (Lipinski definition) is 6. The van der Waals surface area contributed by atoms with Crippen LogP contribution < -0.4 is 0 Å². The molecule has 0 amide bonds. The highest BCUT2D eigenvalue weighted by Crippen LogP contribution is 2.13. The Morgan fingerprint density at radius 2 is 0.672 bits per heavy atom. The molecule has 0 saturated heterocycles. The van der Waals surface area contributed by atoms with Gasteiger partial charge in [-0.15, -0.1) is 0 Å². The van der Waals surface area contributed by atoms with Crippen molar-refractivity contribution >= 4 is 17.9 Å². The first-order valence-corrected chi connectivity index (χ1v) is 23.6. The molecule has 0 spiro atoms. The third-order valence-electron chi connectivity index (χ3n) is 9.61. The van der Waals surface area contributed by atoms with Crippen LogP contribution >= 0.6 is 0 Å². The van der Waals surface area contributed by atoms with Gasteiger partial charge in [0.05, 0.1) is 0 Å². The molecule has 0 aliphatic heterocycles. The Labute approximate surface area is 356 Å². The lowest BCUT2D eigenvalue weighted by atomic mass is 10.1. The van der Waals surface area contributed by atoms with Crippen LogP contribution in [0.1, 0.15) is 207 Å². The van der Waals surface area contributed by atoms with E-state index in [1.165, 1.54) is 64.2 Å². The maximum Gasteiger partial charge on any atom is 0.306 e. The minimum atomic E-state index is -0.803. The van der Waals surface area contributed by atoms with E-state index in [0.717, 1.165) is 103 Å². The van der Waals surface area contributed by atoms with Gasteiger partial charge < -0.3 is 14.2 Å². The Bertz CT molecular complexity index is 1160. The molecule has 58 heavy (non-hydrogen) atoms. The highest BCUT2D eigenvalue weighted by Gasteiger charge is 2.19. The minimum absolute atomic E-state index is 0.106. The Hall–Kier alpha value is -3.41. The molecule has 1 atom stereocenters. The van der Waals surface area contributed by atoms with Gasteiger partial charge >= 0.3 is 17.9 Å². The summed E-state index contributed by atoms with van der Waals surface area (Å²) in [5, 5.41) is 0. The van der Waals surface area contributed by atoms with E-state index in [2.05, 4.69) is 106 Å². The fourth-order valence-electron chi connectivity index (χ4n) is 6.11. The zero-order chi connectivity index (χ0) is 42.3. The Kier molecular flexibility index (Phi) is 43.6. The molecule has 0 aliphatic carbocycles. The van der Waals surface area contributed by atoms with Crippen LogP contribution in [0.3, 0.4) is 0 Å². The van der Waals surface area contributed by atoms with E-state index in [-0.39, 0.29) is 31.1 Å². The lowest BCUT2D eigenvalue weighted by Gasteiger charge is -2.18. The fourth-order valence-corrected chi connectivity index (χ4v) is 6.11. The largest absolute Gasteiger partial charge is 0.462 e. The van der Waals surface area contributed by atoms with Crippen LogP contribution in [-0.2, 0) is 28.6 Å². The molecule has 0 radical (unpaired) electrons. The molecule has 0 heterocycles. The van der Waals surface area contributed by atoms with Crippen molar-refractivity contribution in [2.24, 2.45) is 0 Å². The van der Waals surface area contributed by atoms with Gasteiger partial charge in [-0.05, 0) is 109 Å².